The Bertz CT molecular complexity index is 302. The molecule has 13 heavy (non-hydrogen) atoms. The van der Waals surface area contributed by atoms with Crippen LogP contribution in [0.15, 0.2) is 12.1 Å². The number of halogens is 1. The average Bonchev–Trinajstić information content (AvgIpc) is 2.12. The van der Waals surface area contributed by atoms with Crippen LogP contribution in [-0.2, 0) is 6.42 Å². The number of hydrogen-bond donors (Lipinski definition) is 3. The maximum Gasteiger partial charge on any atom is 0.171 e. The Labute approximate surface area is 75.6 Å². The van der Waals surface area contributed by atoms with Crippen LogP contribution in [0, 0.1) is 5.82 Å². The lowest BCUT2D eigenvalue weighted by molar-refractivity contribution is 0.412. The fourth-order valence-electron chi connectivity index (χ4n) is 1.12. The van der Waals surface area contributed by atoms with Gasteiger partial charge in [0.25, 0.3) is 0 Å². The molecule has 0 saturated carbocycles. The van der Waals surface area contributed by atoms with Gasteiger partial charge in [-0.2, -0.15) is 0 Å². The summed E-state index contributed by atoms with van der Waals surface area (Å²) in [6.07, 6.45) is 0.913. The maximum atomic E-state index is 13.1. The molecule has 72 valence electrons. The number of nitrogens with two attached hydrogens (primary N) is 1. The minimum absolute atomic E-state index is 0.130. The largest absolute Gasteiger partial charge is 0.508 e. The van der Waals surface area contributed by atoms with Crippen LogP contribution in [-0.4, -0.2) is 16.8 Å². The molecule has 0 aromatic heterocycles. The molecule has 0 aliphatic heterocycles. The van der Waals surface area contributed by atoms with Crippen LogP contribution >= 0.6 is 0 Å². The molecule has 0 atom stereocenters. The molecule has 0 radical (unpaired) electrons. The molecule has 4 heteroatoms. The highest BCUT2D eigenvalue weighted by molar-refractivity contribution is 5.40. The topological polar surface area (TPSA) is 66.5 Å². The molecule has 0 bridgehead atoms. The van der Waals surface area contributed by atoms with Crippen molar-refractivity contribution in [1.29, 1.82) is 0 Å². The molecule has 3 nitrogen and oxygen atoms in total. The van der Waals surface area contributed by atoms with Gasteiger partial charge in [0.15, 0.2) is 11.6 Å². The SMILES string of the molecule is NCCCc1c(O)ccc(O)c1F. The van der Waals surface area contributed by atoms with Crippen molar-refractivity contribution in [3.05, 3.63) is 23.5 Å². The van der Waals surface area contributed by atoms with Crippen molar-refractivity contribution in [1.82, 2.24) is 0 Å². The highest BCUT2D eigenvalue weighted by atomic mass is 19.1. The Hall–Kier alpha value is -1.29. The molecule has 0 heterocycles. The van der Waals surface area contributed by atoms with Gasteiger partial charge in [-0.15, -0.1) is 0 Å². The van der Waals surface area contributed by atoms with Crippen molar-refractivity contribution >= 4 is 0 Å². The molecule has 1 aromatic carbocycles. The highest BCUT2D eigenvalue weighted by Gasteiger charge is 2.11. The summed E-state index contributed by atoms with van der Waals surface area (Å²) in [5.41, 5.74) is 5.38. The van der Waals surface area contributed by atoms with E-state index in [9.17, 15) is 9.50 Å². The third-order valence-corrected chi connectivity index (χ3v) is 1.83. The Balaban J connectivity index is 2.96. The number of hydrogen-bond acceptors (Lipinski definition) is 3. The Morgan fingerprint density at radius 2 is 1.85 bits per heavy atom. The van der Waals surface area contributed by atoms with Gasteiger partial charge in [-0.25, -0.2) is 4.39 Å². The summed E-state index contributed by atoms with van der Waals surface area (Å²) >= 11 is 0. The first kappa shape index (κ1) is 9.80. The summed E-state index contributed by atoms with van der Waals surface area (Å²) in [4.78, 5) is 0. The van der Waals surface area contributed by atoms with E-state index in [-0.39, 0.29) is 11.3 Å². The Morgan fingerprint density at radius 3 is 2.46 bits per heavy atom. The number of benzene rings is 1. The number of rotatable bonds is 3. The van der Waals surface area contributed by atoms with Crippen molar-refractivity contribution in [2.24, 2.45) is 5.73 Å². The van der Waals surface area contributed by atoms with Gasteiger partial charge in [0, 0.05) is 5.56 Å². The molecule has 0 spiro atoms. The van der Waals surface area contributed by atoms with Gasteiger partial charge < -0.3 is 15.9 Å². The van der Waals surface area contributed by atoms with Crippen LogP contribution in [0.4, 0.5) is 4.39 Å². The van der Waals surface area contributed by atoms with Crippen molar-refractivity contribution < 1.29 is 14.6 Å². The molecular weight excluding hydrogens is 173 g/mol. The predicted molar refractivity (Wildman–Crippen MR) is 47.1 cm³/mol. The summed E-state index contributed by atoms with van der Waals surface area (Å²) in [5.74, 6) is -1.33. The zero-order chi connectivity index (χ0) is 9.84. The zero-order valence-electron chi connectivity index (χ0n) is 7.13. The second-order valence-electron chi connectivity index (χ2n) is 2.79. The molecule has 0 aliphatic rings. The van der Waals surface area contributed by atoms with Gasteiger partial charge in [0.1, 0.15) is 5.75 Å². The number of aromatic hydroxyl groups is 2. The van der Waals surface area contributed by atoms with Gasteiger partial charge in [0.05, 0.1) is 0 Å². The molecule has 0 aliphatic carbocycles. The fraction of sp³-hybridized carbons (Fsp3) is 0.333. The van der Waals surface area contributed by atoms with Gasteiger partial charge in [-0.05, 0) is 31.5 Å². The molecular formula is C9H12FNO2. The first-order chi connectivity index (χ1) is 6.16. The Kier molecular flexibility index (Phi) is 3.08. The van der Waals surface area contributed by atoms with E-state index in [1.807, 2.05) is 0 Å². The monoisotopic (exact) mass is 185 g/mol. The van der Waals surface area contributed by atoms with Gasteiger partial charge in [-0.1, -0.05) is 0 Å². The lowest BCUT2D eigenvalue weighted by Gasteiger charge is -2.06. The van der Waals surface area contributed by atoms with Crippen LogP contribution in [0.2, 0.25) is 0 Å². The van der Waals surface area contributed by atoms with Crippen LogP contribution in [0.1, 0.15) is 12.0 Å². The van der Waals surface area contributed by atoms with Crippen molar-refractivity contribution in [3.8, 4) is 11.5 Å². The maximum absolute atomic E-state index is 13.1. The van der Waals surface area contributed by atoms with E-state index in [1.165, 1.54) is 6.07 Å². The van der Waals surface area contributed by atoms with Gasteiger partial charge in [0.2, 0.25) is 0 Å². The minimum Gasteiger partial charge on any atom is -0.508 e. The highest BCUT2D eigenvalue weighted by Crippen LogP contribution is 2.27. The third kappa shape index (κ3) is 2.09. The molecule has 1 rings (SSSR count). The molecule has 0 amide bonds. The van der Waals surface area contributed by atoms with Crippen molar-refractivity contribution in [2.75, 3.05) is 6.54 Å². The van der Waals surface area contributed by atoms with E-state index in [2.05, 4.69) is 0 Å². The fourth-order valence-corrected chi connectivity index (χ4v) is 1.12. The summed E-state index contributed by atoms with van der Waals surface area (Å²) in [6.45, 7) is 0.425. The standard InChI is InChI=1S/C9H12FNO2/c10-9-6(2-1-5-11)7(12)3-4-8(9)13/h3-4,12-13H,1-2,5,11H2. The van der Waals surface area contributed by atoms with Crippen LogP contribution in [0.25, 0.3) is 0 Å². The van der Waals surface area contributed by atoms with E-state index in [1.54, 1.807) is 0 Å². The first-order valence-corrected chi connectivity index (χ1v) is 4.06. The second-order valence-corrected chi connectivity index (χ2v) is 2.79. The molecule has 1 aromatic rings. The van der Waals surface area contributed by atoms with Crippen molar-refractivity contribution in [2.45, 2.75) is 12.8 Å². The second kappa shape index (κ2) is 4.09. The molecule has 0 unspecified atom stereocenters. The van der Waals surface area contributed by atoms with Crippen LogP contribution < -0.4 is 5.73 Å². The smallest absolute Gasteiger partial charge is 0.171 e. The first-order valence-electron chi connectivity index (χ1n) is 4.06. The summed E-state index contributed by atoms with van der Waals surface area (Å²) in [7, 11) is 0. The van der Waals surface area contributed by atoms with Crippen molar-refractivity contribution in [3.63, 3.8) is 0 Å². The van der Waals surface area contributed by atoms with E-state index in [4.69, 9.17) is 10.8 Å². The number of phenols is 2. The van der Waals surface area contributed by atoms with E-state index in [0.29, 0.717) is 19.4 Å². The van der Waals surface area contributed by atoms with E-state index in [0.717, 1.165) is 6.07 Å². The van der Waals surface area contributed by atoms with Gasteiger partial charge in [-0.3, -0.25) is 0 Å². The minimum atomic E-state index is -0.756. The van der Waals surface area contributed by atoms with Gasteiger partial charge >= 0.3 is 0 Å². The number of phenolic OH excluding ortho intramolecular Hbond substituents is 2. The lowest BCUT2D eigenvalue weighted by atomic mass is 10.1. The van der Waals surface area contributed by atoms with Crippen LogP contribution in [0.3, 0.4) is 0 Å². The lowest BCUT2D eigenvalue weighted by Crippen LogP contribution is -2.02. The summed E-state index contributed by atoms with van der Waals surface area (Å²) in [5, 5.41) is 18.3. The van der Waals surface area contributed by atoms with E-state index >= 15 is 0 Å². The summed E-state index contributed by atoms with van der Waals surface area (Å²) in [6, 6.07) is 2.39. The molecule has 0 saturated heterocycles. The zero-order valence-corrected chi connectivity index (χ0v) is 7.13. The normalized spacial score (nSPS) is 10.3. The molecule has 4 N–H and O–H groups in total. The predicted octanol–water partition coefficient (Wildman–Crippen LogP) is 1.13. The third-order valence-electron chi connectivity index (χ3n) is 1.83. The quantitative estimate of drug-likeness (QED) is 0.618. The summed E-state index contributed by atoms with van der Waals surface area (Å²) < 4.78 is 13.1. The van der Waals surface area contributed by atoms with E-state index < -0.39 is 11.6 Å². The van der Waals surface area contributed by atoms with Crippen LogP contribution in [0.5, 0.6) is 11.5 Å². The average molecular weight is 185 g/mol. The molecule has 0 fully saturated rings. The Morgan fingerprint density at radius 1 is 1.23 bits per heavy atom.